The summed E-state index contributed by atoms with van der Waals surface area (Å²) < 4.78 is 12.9. The summed E-state index contributed by atoms with van der Waals surface area (Å²) >= 11 is 5.44. The number of hydrogen-bond acceptors (Lipinski definition) is 1. The second-order valence-electron chi connectivity index (χ2n) is 2.16. The molecule has 0 saturated heterocycles. The molecule has 0 spiro atoms. The minimum absolute atomic E-state index is 0.00481. The minimum atomic E-state index is -1.06. The lowest BCUT2D eigenvalue weighted by molar-refractivity contribution is 0.220. The Balaban J connectivity index is 3.17. The predicted octanol–water partition coefficient (Wildman–Crippen LogP) is 2.35. The zero-order chi connectivity index (χ0) is 8.43. The van der Waals surface area contributed by atoms with Gasteiger partial charge >= 0.3 is 0 Å². The monoisotopic (exact) mass is 173 g/mol. The molecule has 1 radical (unpaired) electrons. The molecule has 0 aliphatic heterocycles. The summed E-state index contributed by atoms with van der Waals surface area (Å²) in [5, 5.41) is 8.92. The molecule has 0 heterocycles. The number of aliphatic hydroxyl groups excluding tert-OH is 1. The van der Waals surface area contributed by atoms with Crippen LogP contribution in [0, 0.1) is 12.7 Å². The van der Waals surface area contributed by atoms with Crippen LogP contribution in [0.1, 0.15) is 11.7 Å². The molecule has 1 nitrogen and oxygen atoms in total. The molecule has 1 aromatic rings. The van der Waals surface area contributed by atoms with Crippen molar-refractivity contribution in [2.24, 2.45) is 0 Å². The molecule has 0 amide bonds. The van der Waals surface area contributed by atoms with Gasteiger partial charge in [-0.05, 0) is 13.0 Å². The van der Waals surface area contributed by atoms with Crippen LogP contribution < -0.4 is 0 Å². The summed E-state index contributed by atoms with van der Waals surface area (Å²) in [5.74, 6) is -0.600. The molecule has 0 aromatic heterocycles. The van der Waals surface area contributed by atoms with Crippen LogP contribution in [0.3, 0.4) is 0 Å². The Bertz CT molecular complexity index is 260. The van der Waals surface area contributed by atoms with Crippen molar-refractivity contribution < 1.29 is 9.50 Å². The number of benzene rings is 1. The molecule has 0 bridgehead atoms. The van der Waals surface area contributed by atoms with E-state index in [-0.39, 0.29) is 10.6 Å². The van der Waals surface area contributed by atoms with Gasteiger partial charge < -0.3 is 5.11 Å². The van der Waals surface area contributed by atoms with Crippen LogP contribution in [0.15, 0.2) is 18.2 Å². The van der Waals surface area contributed by atoms with Gasteiger partial charge in [0.25, 0.3) is 0 Å². The number of halogens is 2. The lowest BCUT2D eigenvalue weighted by Gasteiger charge is -2.05. The maximum atomic E-state index is 12.9. The number of rotatable bonds is 1. The molecule has 1 atom stereocenters. The van der Waals surface area contributed by atoms with Crippen LogP contribution >= 0.6 is 11.6 Å². The van der Waals surface area contributed by atoms with Gasteiger partial charge in [-0.15, -0.1) is 0 Å². The first-order chi connectivity index (χ1) is 5.13. The Morgan fingerprint density at radius 2 is 2.18 bits per heavy atom. The standard InChI is InChI=1S/C8H7ClFO/c1-5(11)6-3-2-4-7(9)8(6)10/h2-5,11H,1H2. The van der Waals surface area contributed by atoms with Gasteiger partial charge in [-0.3, -0.25) is 0 Å². The van der Waals surface area contributed by atoms with E-state index in [1.54, 1.807) is 6.07 Å². The Morgan fingerprint density at radius 3 is 2.64 bits per heavy atom. The SMILES string of the molecule is [CH2]C(O)c1cccc(Cl)c1F. The minimum Gasteiger partial charge on any atom is -0.388 e. The van der Waals surface area contributed by atoms with Crippen LogP contribution in [0.25, 0.3) is 0 Å². The Hall–Kier alpha value is -0.600. The highest BCUT2D eigenvalue weighted by molar-refractivity contribution is 6.30. The Morgan fingerprint density at radius 1 is 1.55 bits per heavy atom. The molecule has 3 heteroatoms. The third-order valence-corrected chi connectivity index (χ3v) is 1.63. The third kappa shape index (κ3) is 1.70. The van der Waals surface area contributed by atoms with E-state index in [9.17, 15) is 4.39 Å². The summed E-state index contributed by atoms with van der Waals surface area (Å²) in [5.41, 5.74) is 0.123. The molecule has 11 heavy (non-hydrogen) atoms. The highest BCUT2D eigenvalue weighted by Gasteiger charge is 2.09. The topological polar surface area (TPSA) is 20.2 Å². The lowest BCUT2D eigenvalue weighted by atomic mass is 10.1. The predicted molar refractivity (Wildman–Crippen MR) is 41.7 cm³/mol. The molecule has 1 aromatic carbocycles. The quantitative estimate of drug-likeness (QED) is 0.691. The van der Waals surface area contributed by atoms with Crippen molar-refractivity contribution in [3.63, 3.8) is 0 Å². The maximum absolute atomic E-state index is 12.9. The number of hydrogen-bond donors (Lipinski definition) is 1. The van der Waals surface area contributed by atoms with E-state index < -0.39 is 11.9 Å². The van der Waals surface area contributed by atoms with Gasteiger partial charge in [0, 0.05) is 5.56 Å². The Kier molecular flexibility index (Phi) is 2.47. The smallest absolute Gasteiger partial charge is 0.147 e. The van der Waals surface area contributed by atoms with Crippen LogP contribution in [0.5, 0.6) is 0 Å². The van der Waals surface area contributed by atoms with Crippen LogP contribution in [-0.2, 0) is 0 Å². The fourth-order valence-corrected chi connectivity index (χ4v) is 0.960. The van der Waals surface area contributed by atoms with Crippen LogP contribution in [0.4, 0.5) is 4.39 Å². The van der Waals surface area contributed by atoms with Crippen LogP contribution in [0.2, 0.25) is 5.02 Å². The van der Waals surface area contributed by atoms with Crippen molar-refractivity contribution in [1.29, 1.82) is 0 Å². The fourth-order valence-electron chi connectivity index (χ4n) is 0.778. The molecule has 0 saturated carbocycles. The van der Waals surface area contributed by atoms with Crippen molar-refractivity contribution in [2.45, 2.75) is 6.10 Å². The highest BCUT2D eigenvalue weighted by Crippen LogP contribution is 2.22. The first-order valence-electron chi connectivity index (χ1n) is 3.08. The number of aliphatic hydroxyl groups is 1. The van der Waals surface area contributed by atoms with Gasteiger partial charge in [-0.25, -0.2) is 4.39 Å². The van der Waals surface area contributed by atoms with E-state index in [4.69, 9.17) is 16.7 Å². The second kappa shape index (κ2) is 3.20. The van der Waals surface area contributed by atoms with Gasteiger partial charge in [0.2, 0.25) is 0 Å². The van der Waals surface area contributed by atoms with Gasteiger partial charge in [0.05, 0.1) is 11.1 Å². The van der Waals surface area contributed by atoms with E-state index in [0.29, 0.717) is 0 Å². The summed E-state index contributed by atoms with van der Waals surface area (Å²) in [4.78, 5) is 0. The van der Waals surface area contributed by atoms with Gasteiger partial charge in [0.15, 0.2) is 0 Å². The molecular weight excluding hydrogens is 167 g/mol. The average Bonchev–Trinajstić information content (AvgIpc) is 1.94. The lowest BCUT2D eigenvalue weighted by Crippen LogP contribution is -1.95. The van der Waals surface area contributed by atoms with Crippen molar-refractivity contribution in [2.75, 3.05) is 0 Å². The van der Waals surface area contributed by atoms with Gasteiger partial charge in [0.1, 0.15) is 5.82 Å². The molecule has 1 unspecified atom stereocenters. The summed E-state index contributed by atoms with van der Waals surface area (Å²) in [6, 6.07) is 4.43. The van der Waals surface area contributed by atoms with E-state index in [1.807, 2.05) is 0 Å². The largest absolute Gasteiger partial charge is 0.388 e. The molecule has 1 rings (SSSR count). The van der Waals surface area contributed by atoms with E-state index in [0.717, 1.165) is 0 Å². The zero-order valence-electron chi connectivity index (χ0n) is 5.72. The fraction of sp³-hybridized carbons (Fsp3) is 0.125. The third-order valence-electron chi connectivity index (χ3n) is 1.34. The molecule has 0 fully saturated rings. The van der Waals surface area contributed by atoms with Crippen molar-refractivity contribution in [1.82, 2.24) is 0 Å². The van der Waals surface area contributed by atoms with Crippen molar-refractivity contribution in [3.05, 3.63) is 41.5 Å². The molecule has 59 valence electrons. The molecule has 0 aliphatic carbocycles. The average molecular weight is 174 g/mol. The van der Waals surface area contributed by atoms with Gasteiger partial charge in [-0.2, -0.15) is 0 Å². The molecule has 1 N–H and O–H groups in total. The zero-order valence-corrected chi connectivity index (χ0v) is 6.48. The van der Waals surface area contributed by atoms with Gasteiger partial charge in [-0.1, -0.05) is 23.7 Å². The summed E-state index contributed by atoms with van der Waals surface area (Å²) in [6.07, 6.45) is -1.06. The maximum Gasteiger partial charge on any atom is 0.147 e. The molecule has 0 aliphatic rings. The van der Waals surface area contributed by atoms with Crippen molar-refractivity contribution in [3.8, 4) is 0 Å². The van der Waals surface area contributed by atoms with E-state index in [2.05, 4.69) is 6.92 Å². The van der Waals surface area contributed by atoms with E-state index >= 15 is 0 Å². The second-order valence-corrected chi connectivity index (χ2v) is 2.57. The van der Waals surface area contributed by atoms with E-state index in [1.165, 1.54) is 12.1 Å². The summed E-state index contributed by atoms with van der Waals surface area (Å²) in [6.45, 7) is 3.27. The first kappa shape index (κ1) is 8.50. The normalized spacial score (nSPS) is 13.1. The van der Waals surface area contributed by atoms with Crippen LogP contribution in [-0.4, -0.2) is 5.11 Å². The summed E-state index contributed by atoms with van der Waals surface area (Å²) in [7, 11) is 0. The first-order valence-corrected chi connectivity index (χ1v) is 3.46. The Labute approximate surface area is 69.4 Å². The van der Waals surface area contributed by atoms with Crippen molar-refractivity contribution >= 4 is 11.6 Å². The molecular formula is C8H7ClFO. The highest BCUT2D eigenvalue weighted by atomic mass is 35.5.